The molecule has 0 bridgehead atoms. The number of fused-ring (bicyclic) bond motifs is 1. The second-order valence-corrected chi connectivity index (χ2v) is 6.13. The molecule has 3 aromatic rings. The zero-order valence-corrected chi connectivity index (χ0v) is 13.9. The van der Waals surface area contributed by atoms with E-state index in [2.05, 4.69) is 22.3 Å². The summed E-state index contributed by atoms with van der Waals surface area (Å²) in [4.78, 5) is 14.4. The van der Waals surface area contributed by atoms with Crippen LogP contribution < -0.4 is 10.2 Å². The number of nitrogens with one attached hydrogen (secondary N) is 1. The molecule has 130 valence electrons. The van der Waals surface area contributed by atoms with Crippen LogP contribution in [0, 0.1) is 11.6 Å². The van der Waals surface area contributed by atoms with Crippen LogP contribution >= 0.6 is 0 Å². The number of hydrogen-bond acceptors (Lipinski definition) is 2. The van der Waals surface area contributed by atoms with Gasteiger partial charge in [-0.05, 0) is 54.4 Å². The monoisotopic (exact) mass is 350 g/mol. The Kier molecular flexibility index (Phi) is 4.13. The van der Waals surface area contributed by atoms with Crippen LogP contribution in [0.5, 0.6) is 0 Å². The molecule has 0 radical (unpaired) electrons. The van der Waals surface area contributed by atoms with Crippen molar-refractivity contribution in [2.45, 2.75) is 6.42 Å². The summed E-state index contributed by atoms with van der Waals surface area (Å²) < 4.78 is 27.0. The molecule has 26 heavy (non-hydrogen) atoms. The van der Waals surface area contributed by atoms with Gasteiger partial charge in [0.05, 0.1) is 5.56 Å². The molecule has 4 rings (SSSR count). The predicted molar refractivity (Wildman–Crippen MR) is 97.9 cm³/mol. The summed E-state index contributed by atoms with van der Waals surface area (Å²) >= 11 is 0. The second-order valence-electron chi connectivity index (χ2n) is 6.13. The molecule has 0 atom stereocenters. The van der Waals surface area contributed by atoms with Gasteiger partial charge in [0, 0.05) is 23.6 Å². The van der Waals surface area contributed by atoms with Crippen LogP contribution in [0.15, 0.2) is 66.7 Å². The van der Waals surface area contributed by atoms with Crippen LogP contribution in [0.2, 0.25) is 0 Å². The van der Waals surface area contributed by atoms with Gasteiger partial charge in [-0.2, -0.15) is 0 Å². The first kappa shape index (κ1) is 16.3. The van der Waals surface area contributed by atoms with Gasteiger partial charge in [-0.25, -0.2) is 8.78 Å². The molecule has 1 amide bonds. The fourth-order valence-corrected chi connectivity index (χ4v) is 3.21. The summed E-state index contributed by atoms with van der Waals surface area (Å²) in [7, 11) is 0. The third-order valence-corrected chi connectivity index (χ3v) is 4.52. The molecule has 3 nitrogen and oxygen atoms in total. The van der Waals surface area contributed by atoms with E-state index in [9.17, 15) is 13.6 Å². The molecule has 5 heteroatoms. The minimum Gasteiger partial charge on any atom is -0.341 e. The lowest BCUT2D eigenvalue weighted by atomic mass is 10.1. The van der Waals surface area contributed by atoms with Crippen LogP contribution in [-0.2, 0) is 6.42 Å². The first-order chi connectivity index (χ1) is 12.6. The van der Waals surface area contributed by atoms with E-state index >= 15 is 0 Å². The van der Waals surface area contributed by atoms with Crippen molar-refractivity contribution in [1.82, 2.24) is 0 Å². The number of rotatable bonds is 3. The van der Waals surface area contributed by atoms with Gasteiger partial charge < -0.3 is 10.2 Å². The van der Waals surface area contributed by atoms with Gasteiger partial charge in [-0.1, -0.05) is 24.3 Å². The highest BCUT2D eigenvalue weighted by atomic mass is 19.2. The average molecular weight is 350 g/mol. The molecular formula is C21H16F2N2O. The molecule has 0 aliphatic carbocycles. The molecule has 3 aromatic carbocycles. The quantitative estimate of drug-likeness (QED) is 0.728. The number of nitrogens with zero attached hydrogens (tertiary/aromatic N) is 1. The van der Waals surface area contributed by atoms with Gasteiger partial charge in [0.25, 0.3) is 5.91 Å². The van der Waals surface area contributed by atoms with E-state index in [1.54, 1.807) is 12.1 Å². The molecule has 0 aromatic heterocycles. The summed E-state index contributed by atoms with van der Waals surface area (Å²) in [6.07, 6.45) is 0.994. The topological polar surface area (TPSA) is 32.3 Å². The van der Waals surface area contributed by atoms with Crippen LogP contribution in [0.1, 0.15) is 15.9 Å². The number of carbonyl (C=O) groups excluding carboxylic acids is 1. The van der Waals surface area contributed by atoms with E-state index in [1.165, 1.54) is 23.4 Å². The molecule has 0 fully saturated rings. The molecular weight excluding hydrogens is 334 g/mol. The molecule has 1 aliphatic rings. The van der Waals surface area contributed by atoms with E-state index < -0.39 is 17.5 Å². The van der Waals surface area contributed by atoms with E-state index in [1.807, 2.05) is 24.3 Å². The van der Waals surface area contributed by atoms with Crippen LogP contribution in [0.4, 0.5) is 25.8 Å². The molecule has 1 aliphatic heterocycles. The first-order valence-corrected chi connectivity index (χ1v) is 8.34. The fourth-order valence-electron chi connectivity index (χ4n) is 3.21. The summed E-state index contributed by atoms with van der Waals surface area (Å²) in [6.45, 7) is 0.902. The van der Waals surface area contributed by atoms with Crippen molar-refractivity contribution in [3.05, 3.63) is 89.5 Å². The van der Waals surface area contributed by atoms with Crippen LogP contribution in [0.25, 0.3) is 0 Å². The molecule has 0 saturated carbocycles. The summed E-state index contributed by atoms with van der Waals surface area (Å²) in [5.74, 6) is -2.86. The Morgan fingerprint density at radius 3 is 2.50 bits per heavy atom. The van der Waals surface area contributed by atoms with E-state index in [0.29, 0.717) is 5.69 Å². The van der Waals surface area contributed by atoms with Crippen molar-refractivity contribution in [3.8, 4) is 0 Å². The van der Waals surface area contributed by atoms with E-state index in [4.69, 9.17) is 0 Å². The Hall–Kier alpha value is -3.21. The Morgan fingerprint density at radius 1 is 0.923 bits per heavy atom. The van der Waals surface area contributed by atoms with Gasteiger partial charge >= 0.3 is 0 Å². The average Bonchev–Trinajstić information content (AvgIpc) is 3.09. The minimum atomic E-state index is -1.14. The highest BCUT2D eigenvalue weighted by molar-refractivity contribution is 6.04. The lowest BCUT2D eigenvalue weighted by Crippen LogP contribution is -2.15. The van der Waals surface area contributed by atoms with Crippen molar-refractivity contribution in [1.29, 1.82) is 0 Å². The van der Waals surface area contributed by atoms with Gasteiger partial charge in [0.15, 0.2) is 11.6 Å². The fraction of sp³-hybridized carbons (Fsp3) is 0.0952. The van der Waals surface area contributed by atoms with Crippen LogP contribution in [0.3, 0.4) is 0 Å². The number of anilines is 3. The number of carbonyl (C=O) groups is 1. The van der Waals surface area contributed by atoms with E-state index in [-0.39, 0.29) is 5.56 Å². The number of para-hydroxylation sites is 1. The number of hydrogen-bond donors (Lipinski definition) is 1. The van der Waals surface area contributed by atoms with Crippen LogP contribution in [-0.4, -0.2) is 12.5 Å². The third kappa shape index (κ3) is 2.92. The highest BCUT2D eigenvalue weighted by Crippen LogP contribution is 2.34. The lowest BCUT2D eigenvalue weighted by Gasteiger charge is -2.20. The Labute approximate surface area is 149 Å². The number of halogens is 2. The molecule has 0 unspecified atom stereocenters. The molecule has 1 heterocycles. The first-order valence-electron chi connectivity index (χ1n) is 8.34. The summed E-state index contributed by atoms with van der Waals surface area (Å²) in [6, 6.07) is 19.1. The van der Waals surface area contributed by atoms with Crippen molar-refractivity contribution >= 4 is 23.0 Å². The predicted octanol–water partition coefficient (Wildman–Crippen LogP) is 4.91. The van der Waals surface area contributed by atoms with Crippen molar-refractivity contribution in [3.63, 3.8) is 0 Å². The van der Waals surface area contributed by atoms with Crippen molar-refractivity contribution in [2.75, 3.05) is 16.8 Å². The largest absolute Gasteiger partial charge is 0.341 e. The number of amides is 1. The van der Waals surface area contributed by atoms with Gasteiger partial charge in [-0.3, -0.25) is 4.79 Å². The van der Waals surface area contributed by atoms with Crippen molar-refractivity contribution < 1.29 is 13.6 Å². The zero-order valence-electron chi connectivity index (χ0n) is 13.9. The minimum absolute atomic E-state index is 0.317. The summed E-state index contributed by atoms with van der Waals surface area (Å²) in [5, 5.41) is 2.60. The van der Waals surface area contributed by atoms with Crippen molar-refractivity contribution in [2.24, 2.45) is 0 Å². The summed E-state index contributed by atoms with van der Waals surface area (Å²) in [5.41, 5.74) is 3.72. The normalized spacial score (nSPS) is 12.8. The molecule has 1 N–H and O–H groups in total. The van der Waals surface area contributed by atoms with Gasteiger partial charge in [0.1, 0.15) is 0 Å². The highest BCUT2D eigenvalue weighted by Gasteiger charge is 2.20. The maximum atomic E-state index is 13.7. The Morgan fingerprint density at radius 2 is 1.69 bits per heavy atom. The maximum Gasteiger partial charge on any atom is 0.258 e. The maximum absolute atomic E-state index is 13.7. The standard InChI is InChI=1S/C21H16F2N2O/c22-18-6-3-5-17(20(18)23)21(26)24-15-8-10-16(11-9-15)25-13-12-14-4-1-2-7-19(14)25/h1-11H,12-13H2,(H,24,26). The smallest absolute Gasteiger partial charge is 0.258 e. The molecule has 0 spiro atoms. The third-order valence-electron chi connectivity index (χ3n) is 4.52. The Bertz CT molecular complexity index is 970. The van der Waals surface area contributed by atoms with E-state index in [0.717, 1.165) is 24.7 Å². The van der Waals surface area contributed by atoms with Gasteiger partial charge in [0.2, 0.25) is 0 Å². The zero-order chi connectivity index (χ0) is 18.1. The second kappa shape index (κ2) is 6.59. The van der Waals surface area contributed by atoms with Gasteiger partial charge in [-0.15, -0.1) is 0 Å². The Balaban J connectivity index is 1.52. The number of benzene rings is 3. The molecule has 0 saturated heterocycles. The lowest BCUT2D eigenvalue weighted by molar-refractivity contribution is 0.102. The SMILES string of the molecule is O=C(Nc1ccc(N2CCc3ccccc32)cc1)c1cccc(F)c1F.